The molecule has 1 aromatic rings. The van der Waals surface area contributed by atoms with E-state index in [0.29, 0.717) is 23.5 Å². The molecule has 2 rings (SSSR count). The van der Waals surface area contributed by atoms with E-state index in [9.17, 15) is 14.7 Å². The van der Waals surface area contributed by atoms with E-state index in [1.807, 2.05) is 13.0 Å². The molecule has 1 amide bonds. The molecule has 5 heteroatoms. The molecule has 1 fully saturated rings. The number of carbonyl (C=O) groups excluding carboxylic acids is 1. The first-order valence-corrected chi connectivity index (χ1v) is 9.40. The van der Waals surface area contributed by atoms with E-state index in [1.54, 1.807) is 44.4 Å². The van der Waals surface area contributed by atoms with Gasteiger partial charge in [-0.15, -0.1) is 5.57 Å². The summed E-state index contributed by atoms with van der Waals surface area (Å²) >= 11 is 0. The maximum absolute atomic E-state index is 12.0. The van der Waals surface area contributed by atoms with Gasteiger partial charge in [0.1, 0.15) is 0 Å². The van der Waals surface area contributed by atoms with Crippen LogP contribution in [0.15, 0.2) is 48.1 Å². The number of aliphatic carboxylic acids is 1. The first-order valence-electron chi connectivity index (χ1n) is 9.40. The molecular weight excluding hydrogens is 357 g/mol. The van der Waals surface area contributed by atoms with Crippen molar-refractivity contribution in [1.29, 1.82) is 0 Å². The Kier molecular flexibility index (Phi) is 9.95. The van der Waals surface area contributed by atoms with Crippen molar-refractivity contribution >= 4 is 17.4 Å². The minimum atomic E-state index is -1.000. The monoisotopic (exact) mass is 383 g/mol. The minimum Gasteiger partial charge on any atom is -0.535 e. The Labute approximate surface area is 185 Å². The van der Waals surface area contributed by atoms with Crippen molar-refractivity contribution in [3.8, 4) is 0 Å². The number of hydrogen-bond acceptors (Lipinski definition) is 2. The second-order valence-corrected chi connectivity index (χ2v) is 7.03. The van der Waals surface area contributed by atoms with Gasteiger partial charge in [-0.1, -0.05) is 49.5 Å². The quantitative estimate of drug-likeness (QED) is 0.303. The molecule has 0 radical (unpaired) electrons. The maximum Gasteiger partial charge on any atom is 1.00 e. The van der Waals surface area contributed by atoms with Crippen molar-refractivity contribution in [3.63, 3.8) is 0 Å². The zero-order valence-corrected chi connectivity index (χ0v) is 17.6. The van der Waals surface area contributed by atoms with Crippen molar-refractivity contribution in [2.75, 3.05) is 14.1 Å². The Balaban J connectivity index is 0.00000420. The van der Waals surface area contributed by atoms with E-state index in [-0.39, 0.29) is 36.3 Å². The molecule has 0 bridgehead atoms. The minimum absolute atomic E-state index is 0. The van der Waals surface area contributed by atoms with Crippen LogP contribution in [-0.2, 0) is 4.79 Å². The van der Waals surface area contributed by atoms with E-state index < -0.39 is 5.97 Å². The molecule has 1 aliphatic rings. The van der Waals surface area contributed by atoms with Gasteiger partial charge in [-0.2, -0.15) is 18.1 Å². The van der Waals surface area contributed by atoms with Crippen LogP contribution in [0, 0.1) is 30.6 Å². The molecule has 1 saturated carbocycles. The zero-order chi connectivity index (χ0) is 20.7. The summed E-state index contributed by atoms with van der Waals surface area (Å²) in [5, 5.41) is 9.60. The van der Waals surface area contributed by atoms with Crippen molar-refractivity contribution < 1.29 is 33.6 Å². The topological polar surface area (TPSA) is 57.6 Å². The number of nitrogens with zero attached hydrogens (tertiary/aromatic N) is 1. The normalized spacial score (nSPS) is 15.6. The predicted octanol–water partition coefficient (Wildman–Crippen LogP) is 1.37. The van der Waals surface area contributed by atoms with Gasteiger partial charge in [-0.3, -0.25) is 17.4 Å². The van der Waals surface area contributed by atoms with E-state index in [4.69, 9.17) is 6.58 Å². The largest absolute Gasteiger partial charge is 1.00 e. The Hall–Kier alpha value is -2.28. The number of amides is 1. The van der Waals surface area contributed by atoms with Crippen LogP contribution in [-0.4, -0.2) is 36.0 Å². The number of rotatable bonds is 9. The molecule has 0 aliphatic heterocycles. The Morgan fingerprint density at radius 1 is 1.24 bits per heavy atom. The molecule has 148 valence electrons. The average Bonchev–Trinajstić information content (AvgIpc) is 3.51. The predicted molar refractivity (Wildman–Crippen MR) is 110 cm³/mol. The molecule has 1 aromatic carbocycles. The van der Waals surface area contributed by atoms with Crippen molar-refractivity contribution in [3.05, 3.63) is 77.9 Å². The fourth-order valence-corrected chi connectivity index (χ4v) is 2.68. The zero-order valence-electron chi connectivity index (χ0n) is 17.6. The van der Waals surface area contributed by atoms with Crippen molar-refractivity contribution in [2.45, 2.75) is 26.2 Å². The maximum atomic E-state index is 12.0. The van der Waals surface area contributed by atoms with Crippen LogP contribution >= 0.6 is 0 Å². The smallest absolute Gasteiger partial charge is 0.535 e. The molecule has 0 aromatic heterocycles. The van der Waals surface area contributed by atoms with Crippen LogP contribution in [0.2, 0.25) is 0 Å². The summed E-state index contributed by atoms with van der Waals surface area (Å²) < 4.78 is 0. The van der Waals surface area contributed by atoms with Crippen molar-refractivity contribution in [1.82, 2.24) is 4.90 Å². The molecule has 0 saturated heterocycles. The van der Waals surface area contributed by atoms with Gasteiger partial charge in [0.2, 0.25) is 5.97 Å². The second kappa shape index (κ2) is 11.7. The van der Waals surface area contributed by atoms with Crippen LogP contribution in [0.5, 0.6) is 0 Å². The van der Waals surface area contributed by atoms with Gasteiger partial charge in [0, 0.05) is 19.7 Å². The van der Waals surface area contributed by atoms with E-state index >= 15 is 0 Å². The first-order chi connectivity index (χ1) is 13.4. The van der Waals surface area contributed by atoms with Crippen molar-refractivity contribution in [2.24, 2.45) is 11.8 Å². The summed E-state index contributed by atoms with van der Waals surface area (Å²) in [5.74, 6) is -0.859. The number of carboxylic acid groups (broad SMARTS) is 1. The third kappa shape index (κ3) is 7.23. The van der Waals surface area contributed by atoms with E-state index in [0.717, 1.165) is 18.4 Å². The number of hydrogen-bond donors (Lipinski definition) is 1. The van der Waals surface area contributed by atoms with Crippen LogP contribution in [0.1, 0.15) is 42.1 Å². The Morgan fingerprint density at radius 2 is 1.83 bits per heavy atom. The van der Waals surface area contributed by atoms with Gasteiger partial charge >= 0.3 is 18.9 Å². The van der Waals surface area contributed by atoms with Gasteiger partial charge in [0.15, 0.2) is 0 Å². The summed E-state index contributed by atoms with van der Waals surface area (Å²) in [6, 6.07) is 7.01. The number of carboxylic acids is 1. The van der Waals surface area contributed by atoms with Crippen LogP contribution in [0.25, 0.3) is 5.57 Å². The van der Waals surface area contributed by atoms with Gasteiger partial charge in [-0.25, -0.2) is 6.08 Å². The molecule has 1 unspecified atom stereocenters. The molecule has 29 heavy (non-hydrogen) atoms. The van der Waals surface area contributed by atoms with Gasteiger partial charge in [-0.05, 0) is 18.1 Å². The summed E-state index contributed by atoms with van der Waals surface area (Å²) in [5.41, 5.74) is 2.17. The van der Waals surface area contributed by atoms with Gasteiger partial charge in [0.25, 0.3) is 5.91 Å². The molecule has 1 aliphatic carbocycles. The number of benzene rings is 1. The summed E-state index contributed by atoms with van der Waals surface area (Å²) in [6.45, 7) is 7.69. The van der Waals surface area contributed by atoms with E-state index in [1.165, 1.54) is 11.0 Å². The molecule has 1 atom stereocenters. The summed E-state index contributed by atoms with van der Waals surface area (Å²) in [7, 11) is 3.39. The fraction of sp³-hybridized carbons (Fsp3) is 0.333. The standard InChI is InChI=1S/C24H26NO3.Li/c1-5-18(20-11-13-21(14-12-20)23(26)25(3)4)15-16-22(24(27)28)19(6-2)10-9-17-7-8-17;/h1,5,10-15,17,19H,6-8H2,2-4H3,(H,27,28);/q-3;+1/b18-15+;. The summed E-state index contributed by atoms with van der Waals surface area (Å²) in [6.07, 6.45) is 13.9. The summed E-state index contributed by atoms with van der Waals surface area (Å²) in [4.78, 5) is 25.2. The fourth-order valence-electron chi connectivity index (χ4n) is 2.68. The second-order valence-electron chi connectivity index (χ2n) is 7.03. The third-order valence-corrected chi connectivity index (χ3v) is 4.59. The van der Waals surface area contributed by atoms with E-state index in [2.05, 4.69) is 12.2 Å². The van der Waals surface area contributed by atoms with Crippen LogP contribution in [0.4, 0.5) is 0 Å². The van der Waals surface area contributed by atoms with Gasteiger partial charge < -0.3 is 20.9 Å². The Bertz CT molecular complexity index is 815. The van der Waals surface area contributed by atoms with Crippen LogP contribution < -0.4 is 18.9 Å². The third-order valence-electron chi connectivity index (χ3n) is 4.59. The molecule has 0 spiro atoms. The average molecular weight is 383 g/mol. The number of allylic oxidation sites excluding steroid dienone is 6. The molecular formula is C24H26LiNO3-2. The van der Waals surface area contributed by atoms with Crippen LogP contribution in [0.3, 0.4) is 0 Å². The molecule has 0 heterocycles. The molecule has 1 N–H and O–H groups in total. The van der Waals surface area contributed by atoms with Gasteiger partial charge in [0.05, 0.1) is 0 Å². The Morgan fingerprint density at radius 3 is 2.28 bits per heavy atom. The molecule has 4 nitrogen and oxygen atoms in total. The first kappa shape index (κ1) is 24.8. The SMILES string of the molecule is [CH-]=C/C(=C\[C-]=C(C(=O)O)C(C=[C-]C1CC1)CC)c1ccc(C(=O)N(C)C)cc1.[Li+]. The number of carbonyl (C=O) groups is 2.